The molecule has 0 bridgehead atoms. The zero-order valence-corrected chi connectivity index (χ0v) is 31.8. The van der Waals surface area contributed by atoms with Crippen molar-refractivity contribution in [1.82, 2.24) is 15.0 Å². The molecule has 5 aromatic rings. The van der Waals surface area contributed by atoms with Crippen molar-refractivity contribution in [3.05, 3.63) is 130 Å². The molecule has 9 nitrogen and oxygen atoms in total. The van der Waals surface area contributed by atoms with Crippen molar-refractivity contribution in [3.63, 3.8) is 0 Å². The molecule has 1 aromatic heterocycles. The van der Waals surface area contributed by atoms with Gasteiger partial charge in [0.25, 0.3) is 11.8 Å². The number of para-hydroxylation sites is 1. The lowest BCUT2D eigenvalue weighted by Gasteiger charge is -2.31. The molecule has 2 aliphatic rings. The van der Waals surface area contributed by atoms with Gasteiger partial charge in [0, 0.05) is 36.9 Å². The van der Waals surface area contributed by atoms with E-state index >= 15 is 0 Å². The summed E-state index contributed by atoms with van der Waals surface area (Å²) in [6.45, 7) is 9.07. The average Bonchev–Trinajstić information content (AvgIpc) is 3.69. The third kappa shape index (κ3) is 9.31. The molecule has 286 valence electrons. The van der Waals surface area contributed by atoms with Crippen molar-refractivity contribution in [1.29, 1.82) is 0 Å². The summed E-state index contributed by atoms with van der Waals surface area (Å²) < 4.78 is 31.0. The van der Waals surface area contributed by atoms with Gasteiger partial charge in [-0.3, -0.25) is 24.2 Å². The maximum Gasteiger partial charge on any atom is 0.306 e. The van der Waals surface area contributed by atoms with Crippen LogP contribution in [0.4, 0.5) is 4.39 Å². The molecule has 1 fully saturated rings. The Morgan fingerprint density at radius 2 is 1.47 bits per heavy atom. The average molecular weight is 746 g/mol. The molecule has 0 spiro atoms. The van der Waals surface area contributed by atoms with Gasteiger partial charge in [-0.15, -0.1) is 0 Å². The van der Waals surface area contributed by atoms with Crippen LogP contribution in [0.25, 0.3) is 11.0 Å². The number of aromatic nitrogens is 1. The van der Waals surface area contributed by atoms with Crippen LogP contribution in [0.15, 0.2) is 89.5 Å². The predicted molar refractivity (Wildman–Crippen MR) is 208 cm³/mol. The number of esters is 1. The van der Waals surface area contributed by atoms with Gasteiger partial charge in [0.05, 0.1) is 16.8 Å². The van der Waals surface area contributed by atoms with Gasteiger partial charge in [0.1, 0.15) is 23.8 Å². The molecule has 10 heteroatoms. The smallest absolute Gasteiger partial charge is 0.306 e. The van der Waals surface area contributed by atoms with Gasteiger partial charge >= 0.3 is 5.97 Å². The molecule has 7 rings (SSSR count). The fourth-order valence-electron chi connectivity index (χ4n) is 7.66. The number of carbonyl (C=O) groups is 3. The van der Waals surface area contributed by atoms with Crippen LogP contribution >= 0.6 is 0 Å². The molecular formula is C45H48FN3O6. The highest BCUT2D eigenvalue weighted by Gasteiger charge is 2.34. The van der Waals surface area contributed by atoms with Crippen LogP contribution in [0.3, 0.4) is 0 Å². The quantitative estimate of drug-likeness (QED) is 0.0830. The van der Waals surface area contributed by atoms with Gasteiger partial charge in [-0.05, 0) is 125 Å². The first-order valence-electron chi connectivity index (χ1n) is 19.3. The van der Waals surface area contributed by atoms with E-state index in [4.69, 9.17) is 14.0 Å². The number of rotatable bonds is 14. The molecule has 2 amide bonds. The Morgan fingerprint density at radius 1 is 0.818 bits per heavy atom. The Balaban J connectivity index is 0.960. The maximum atomic E-state index is 13.6. The van der Waals surface area contributed by atoms with Crippen LogP contribution in [0.1, 0.15) is 94.6 Å². The first-order valence-corrected chi connectivity index (χ1v) is 19.3. The van der Waals surface area contributed by atoms with Crippen LogP contribution in [0, 0.1) is 5.82 Å². The lowest BCUT2D eigenvalue weighted by atomic mass is 9.91. The van der Waals surface area contributed by atoms with Gasteiger partial charge in [0.15, 0.2) is 5.58 Å². The first kappa shape index (κ1) is 37.9. The Hall–Kier alpha value is -5.35. The largest absolute Gasteiger partial charge is 0.492 e. The van der Waals surface area contributed by atoms with E-state index in [9.17, 15) is 18.8 Å². The Bertz CT molecular complexity index is 2150. The van der Waals surface area contributed by atoms with E-state index in [-0.39, 0.29) is 42.5 Å². The molecule has 0 aliphatic carbocycles. The zero-order valence-electron chi connectivity index (χ0n) is 31.8. The third-order valence-corrected chi connectivity index (χ3v) is 10.4. The number of hydrogen-bond donors (Lipinski definition) is 0. The van der Waals surface area contributed by atoms with Crippen LogP contribution in [0.5, 0.6) is 5.75 Å². The molecule has 1 saturated heterocycles. The van der Waals surface area contributed by atoms with Gasteiger partial charge in [-0.25, -0.2) is 4.39 Å². The second-order valence-corrected chi connectivity index (χ2v) is 15.6. The van der Waals surface area contributed by atoms with Crippen molar-refractivity contribution in [2.24, 2.45) is 0 Å². The Kier molecular flexibility index (Phi) is 11.4. The SMILES string of the molecule is CC(C)(C)OC(=O)CCc1cc(CCc2ccccc2OCCN2CCC(c3noc4cc(F)ccc34)CC2)cc(CCN2C(=O)c3ccccc3C2=O)c1. The number of amides is 2. The maximum absolute atomic E-state index is 13.6. The van der Waals surface area contributed by atoms with Crippen molar-refractivity contribution in [3.8, 4) is 5.75 Å². The number of carbonyl (C=O) groups excluding carboxylic acids is 3. The number of benzene rings is 4. The summed E-state index contributed by atoms with van der Waals surface area (Å²) in [4.78, 5) is 42.4. The van der Waals surface area contributed by atoms with Crippen LogP contribution in [-0.2, 0) is 35.2 Å². The summed E-state index contributed by atoms with van der Waals surface area (Å²) >= 11 is 0. The third-order valence-electron chi connectivity index (χ3n) is 10.4. The van der Waals surface area contributed by atoms with Crippen molar-refractivity contribution in [2.75, 3.05) is 32.8 Å². The standard InChI is InChI=1S/C45H48FN3O6/c1-45(2,3)54-41(50)17-13-31-26-30(27-32(28-31)18-23-49-43(51)36-9-5-6-10-37(36)44(49)52)12-14-33-8-4-7-11-39(33)53-25-24-48-21-19-34(20-22-48)42-38-16-15-35(46)29-40(38)55-47-42/h4-11,15-16,26-29,34H,12-14,17-25H2,1-3H3. The van der Waals surface area contributed by atoms with Crippen molar-refractivity contribution < 1.29 is 32.8 Å². The summed E-state index contributed by atoms with van der Waals surface area (Å²) in [6.07, 6.45) is 4.69. The first-order chi connectivity index (χ1) is 26.5. The monoisotopic (exact) mass is 745 g/mol. The summed E-state index contributed by atoms with van der Waals surface area (Å²) in [6, 6.07) is 26.1. The second-order valence-electron chi connectivity index (χ2n) is 15.6. The van der Waals surface area contributed by atoms with Crippen molar-refractivity contribution in [2.45, 2.75) is 77.2 Å². The summed E-state index contributed by atoms with van der Waals surface area (Å²) in [5.74, 6) is 0.0530. The van der Waals surface area contributed by atoms with Gasteiger partial charge in [-0.2, -0.15) is 0 Å². The van der Waals surface area contributed by atoms with Crippen LogP contribution < -0.4 is 4.74 Å². The molecule has 4 aromatic carbocycles. The number of halogens is 1. The fourth-order valence-corrected chi connectivity index (χ4v) is 7.66. The van der Waals surface area contributed by atoms with E-state index in [0.717, 1.165) is 84.4 Å². The predicted octanol–water partition coefficient (Wildman–Crippen LogP) is 8.12. The van der Waals surface area contributed by atoms with E-state index in [0.29, 0.717) is 36.2 Å². The van der Waals surface area contributed by atoms with Crippen LogP contribution in [-0.4, -0.2) is 71.1 Å². The highest BCUT2D eigenvalue weighted by atomic mass is 19.1. The van der Waals surface area contributed by atoms with E-state index < -0.39 is 5.60 Å². The molecule has 0 unspecified atom stereocenters. The summed E-state index contributed by atoms with van der Waals surface area (Å²) in [5, 5.41) is 5.17. The van der Waals surface area contributed by atoms with E-state index in [1.54, 1.807) is 30.3 Å². The zero-order chi connectivity index (χ0) is 38.5. The van der Waals surface area contributed by atoms with E-state index in [1.165, 1.54) is 17.0 Å². The highest BCUT2D eigenvalue weighted by Crippen LogP contribution is 2.33. The van der Waals surface area contributed by atoms with Gasteiger partial charge in [0.2, 0.25) is 0 Å². The molecule has 0 saturated carbocycles. The van der Waals surface area contributed by atoms with Crippen LogP contribution in [0.2, 0.25) is 0 Å². The van der Waals surface area contributed by atoms with Gasteiger partial charge < -0.3 is 14.0 Å². The number of likely N-dealkylation sites (tertiary alicyclic amines) is 1. The minimum atomic E-state index is -0.555. The lowest BCUT2D eigenvalue weighted by Crippen LogP contribution is -2.36. The summed E-state index contributed by atoms with van der Waals surface area (Å²) in [5.41, 5.74) is 6.00. The number of fused-ring (bicyclic) bond motifs is 2. The molecule has 0 atom stereocenters. The highest BCUT2D eigenvalue weighted by molar-refractivity contribution is 6.21. The molecule has 55 heavy (non-hydrogen) atoms. The minimum absolute atomic E-state index is 0.248. The summed E-state index contributed by atoms with van der Waals surface area (Å²) in [7, 11) is 0. The minimum Gasteiger partial charge on any atom is -0.492 e. The molecule has 0 radical (unpaired) electrons. The Morgan fingerprint density at radius 3 is 2.18 bits per heavy atom. The topological polar surface area (TPSA) is 102 Å². The van der Waals surface area contributed by atoms with E-state index in [1.807, 2.05) is 39.0 Å². The molecular weight excluding hydrogens is 698 g/mol. The normalized spacial score (nSPS) is 15.2. The fraction of sp³-hybridized carbons (Fsp3) is 0.378. The van der Waals surface area contributed by atoms with Gasteiger partial charge in [-0.1, -0.05) is 53.7 Å². The lowest BCUT2D eigenvalue weighted by molar-refractivity contribution is -0.154. The van der Waals surface area contributed by atoms with Crippen molar-refractivity contribution >= 4 is 28.8 Å². The molecule has 3 heterocycles. The number of ether oxygens (including phenoxy) is 2. The number of hydrogen-bond acceptors (Lipinski definition) is 8. The van der Waals surface area contributed by atoms with E-state index in [2.05, 4.69) is 34.3 Å². The molecule has 0 N–H and O–H groups in total. The number of nitrogens with zero attached hydrogens (tertiary/aromatic N) is 3. The number of piperidine rings is 1. The second kappa shape index (κ2) is 16.6. The molecule has 2 aliphatic heterocycles. The number of imide groups is 1. The Labute approximate surface area is 321 Å². The number of aryl methyl sites for hydroxylation is 3.